The van der Waals surface area contributed by atoms with Crippen LogP contribution in [-0.4, -0.2) is 117 Å². The van der Waals surface area contributed by atoms with E-state index in [0.717, 1.165) is 19.5 Å². The largest absolute Gasteiger partial charge is 0.377 e. The second-order valence-electron chi connectivity index (χ2n) is 12.9. The number of hydrogen-bond acceptors (Lipinski definition) is 7. The molecule has 11 nitrogen and oxygen atoms in total. The summed E-state index contributed by atoms with van der Waals surface area (Å²) in [7, 11) is 0. The van der Waals surface area contributed by atoms with Gasteiger partial charge >= 0.3 is 0 Å². The zero-order valence-electron chi connectivity index (χ0n) is 27.6. The Morgan fingerprint density at radius 3 is 2.42 bits per heavy atom. The molecule has 4 saturated heterocycles. The molecular formula is C36H48FN5O6. The van der Waals surface area contributed by atoms with Crippen LogP contribution in [0.3, 0.4) is 0 Å². The van der Waals surface area contributed by atoms with Crippen LogP contribution in [0.1, 0.15) is 48.0 Å². The van der Waals surface area contributed by atoms with Crippen molar-refractivity contribution in [3.05, 3.63) is 71.5 Å². The maximum Gasteiger partial charge on any atom is 0.253 e. The van der Waals surface area contributed by atoms with Crippen molar-refractivity contribution in [1.29, 1.82) is 0 Å². The zero-order valence-corrected chi connectivity index (χ0v) is 27.6. The Labute approximate surface area is 282 Å². The monoisotopic (exact) mass is 665 g/mol. The Morgan fingerprint density at radius 2 is 1.65 bits per heavy atom. The summed E-state index contributed by atoms with van der Waals surface area (Å²) in [6, 6.07) is 15.4. The number of fused-ring (bicyclic) bond motifs is 15. The Morgan fingerprint density at radius 1 is 0.896 bits per heavy atom. The normalized spacial score (nSPS) is 22.7. The Hall–Kier alpha value is -3.87. The molecule has 4 aliphatic heterocycles. The smallest absolute Gasteiger partial charge is 0.253 e. The third kappa shape index (κ3) is 10.3. The van der Waals surface area contributed by atoms with Crippen LogP contribution in [-0.2, 0) is 30.4 Å². The summed E-state index contributed by atoms with van der Waals surface area (Å²) in [4.78, 5) is 58.4. The number of benzene rings is 2. The second kappa shape index (κ2) is 18.0. The van der Waals surface area contributed by atoms with Crippen LogP contribution in [0, 0.1) is 17.7 Å². The highest BCUT2D eigenvalue weighted by Crippen LogP contribution is 2.30. The van der Waals surface area contributed by atoms with Crippen LogP contribution in [0.2, 0.25) is 0 Å². The van der Waals surface area contributed by atoms with Gasteiger partial charge in [-0.3, -0.25) is 19.2 Å². The van der Waals surface area contributed by atoms with Crippen molar-refractivity contribution in [2.45, 2.75) is 44.7 Å². The summed E-state index contributed by atoms with van der Waals surface area (Å²) in [5, 5.41) is 6.47. The lowest BCUT2D eigenvalue weighted by atomic mass is 9.80. The molecule has 48 heavy (non-hydrogen) atoms. The molecule has 2 atom stereocenters. The first kappa shape index (κ1) is 35.4. The van der Waals surface area contributed by atoms with Crippen molar-refractivity contribution in [2.75, 3.05) is 72.2 Å². The molecule has 4 fully saturated rings. The van der Waals surface area contributed by atoms with Crippen molar-refractivity contribution in [3.8, 4) is 0 Å². The van der Waals surface area contributed by atoms with Crippen LogP contribution < -0.4 is 10.6 Å². The average Bonchev–Trinajstić information content (AvgIpc) is 3.10. The lowest BCUT2D eigenvalue weighted by Gasteiger charge is -2.41. The highest BCUT2D eigenvalue weighted by atomic mass is 19.1. The lowest BCUT2D eigenvalue weighted by Crippen LogP contribution is -2.54. The minimum atomic E-state index is -0.401. The van der Waals surface area contributed by atoms with Gasteiger partial charge < -0.3 is 34.8 Å². The number of rotatable bonds is 7. The predicted octanol–water partition coefficient (Wildman–Crippen LogP) is 2.46. The van der Waals surface area contributed by atoms with Gasteiger partial charge in [-0.05, 0) is 73.9 Å². The van der Waals surface area contributed by atoms with Gasteiger partial charge in [0.1, 0.15) is 19.0 Å². The van der Waals surface area contributed by atoms with Crippen LogP contribution >= 0.6 is 0 Å². The summed E-state index contributed by atoms with van der Waals surface area (Å²) in [5.41, 5.74) is 1.61. The fourth-order valence-corrected chi connectivity index (χ4v) is 6.88. The molecule has 4 heterocycles. The molecule has 12 heteroatoms. The van der Waals surface area contributed by atoms with Crippen molar-refractivity contribution in [1.82, 2.24) is 25.3 Å². The lowest BCUT2D eigenvalue weighted by molar-refractivity contribution is -0.148. The van der Waals surface area contributed by atoms with Gasteiger partial charge in [-0.2, -0.15) is 0 Å². The topological polar surface area (TPSA) is 121 Å². The predicted molar refractivity (Wildman–Crippen MR) is 177 cm³/mol. The van der Waals surface area contributed by atoms with Crippen LogP contribution in [0.25, 0.3) is 0 Å². The number of halogens is 1. The summed E-state index contributed by atoms with van der Waals surface area (Å²) in [6.07, 6.45) is 2.95. The number of likely N-dealkylation sites (tertiary alicyclic amines) is 1. The molecule has 260 valence electrons. The quantitative estimate of drug-likeness (QED) is 0.345. The molecule has 2 aromatic rings. The molecule has 4 amide bonds. The number of nitrogens with zero attached hydrogens (tertiary/aromatic N) is 3. The maximum atomic E-state index is 13.9. The Bertz CT molecular complexity index is 1350. The Balaban J connectivity index is 1.24. The molecule has 0 radical (unpaired) electrons. The van der Waals surface area contributed by atoms with Gasteiger partial charge in [-0.15, -0.1) is 0 Å². The molecule has 1 unspecified atom stereocenters. The number of hydrogen-bond donors (Lipinski definition) is 2. The molecule has 2 N–H and O–H groups in total. The number of carbonyl (C=O) groups is 4. The first-order valence-electron chi connectivity index (χ1n) is 17.2. The minimum Gasteiger partial charge on any atom is -0.377 e. The van der Waals surface area contributed by atoms with Gasteiger partial charge in [0.2, 0.25) is 17.7 Å². The van der Waals surface area contributed by atoms with E-state index < -0.39 is 5.82 Å². The molecule has 4 aliphatic rings. The van der Waals surface area contributed by atoms with Gasteiger partial charge in [-0.25, -0.2) is 4.39 Å². The summed E-state index contributed by atoms with van der Waals surface area (Å²) >= 11 is 0. The molecule has 2 aromatic carbocycles. The molecule has 0 saturated carbocycles. The maximum absolute atomic E-state index is 13.9. The van der Waals surface area contributed by atoms with Gasteiger partial charge in [0.05, 0.1) is 19.8 Å². The first-order chi connectivity index (χ1) is 23.4. The number of piperidine rings is 2. The first-order valence-corrected chi connectivity index (χ1v) is 17.2. The number of nitrogens with one attached hydrogen (secondary N) is 2. The van der Waals surface area contributed by atoms with Crippen LogP contribution in [0.4, 0.5) is 4.39 Å². The van der Waals surface area contributed by atoms with Crippen molar-refractivity contribution >= 4 is 23.6 Å². The standard InChI is InChI=1S/C36H48FN5O6/c37-31-8-6-28(7-9-31)36(46)40-17-12-32(13-18-40)42-25-34(44)41-16-11-29(22-33(43)39-15-19-47-20-21-48-26-35(42)45)30(24-41)10-14-38-23-27-4-2-1-3-5-27/h1-9,29-30,32,38H,10-26H2,(H,39,43)/t29?,30-/m0/s1. The van der Waals surface area contributed by atoms with Crippen LogP contribution in [0.15, 0.2) is 54.6 Å². The Kier molecular flexibility index (Phi) is 13.3. The zero-order chi connectivity index (χ0) is 33.7. The average molecular weight is 666 g/mol. The van der Waals surface area contributed by atoms with Gasteiger partial charge in [0.15, 0.2) is 0 Å². The highest BCUT2D eigenvalue weighted by Gasteiger charge is 2.36. The van der Waals surface area contributed by atoms with E-state index in [9.17, 15) is 23.6 Å². The highest BCUT2D eigenvalue weighted by molar-refractivity contribution is 5.94. The summed E-state index contributed by atoms with van der Waals surface area (Å²) < 4.78 is 24.6. The molecule has 2 bridgehead atoms. The van der Waals surface area contributed by atoms with Crippen molar-refractivity contribution in [3.63, 3.8) is 0 Å². The van der Waals surface area contributed by atoms with E-state index in [1.807, 2.05) is 23.1 Å². The van der Waals surface area contributed by atoms with E-state index in [-0.39, 0.29) is 67.9 Å². The third-order valence-corrected chi connectivity index (χ3v) is 9.63. The fourth-order valence-electron chi connectivity index (χ4n) is 6.88. The van der Waals surface area contributed by atoms with Gasteiger partial charge in [0, 0.05) is 57.3 Å². The van der Waals surface area contributed by atoms with Crippen LogP contribution in [0.5, 0.6) is 0 Å². The summed E-state index contributed by atoms with van der Waals surface area (Å²) in [6.45, 7) is 4.36. The second-order valence-corrected chi connectivity index (χ2v) is 12.9. The molecule has 0 aromatic heterocycles. The van der Waals surface area contributed by atoms with Gasteiger partial charge in [-0.1, -0.05) is 30.3 Å². The molecule has 0 aliphatic carbocycles. The fraction of sp³-hybridized carbons (Fsp3) is 0.556. The van der Waals surface area contributed by atoms with Gasteiger partial charge in [0.25, 0.3) is 5.91 Å². The van der Waals surface area contributed by atoms with E-state index in [1.54, 1.807) is 9.80 Å². The van der Waals surface area contributed by atoms with E-state index >= 15 is 0 Å². The number of amides is 4. The van der Waals surface area contributed by atoms with Crippen molar-refractivity contribution in [2.24, 2.45) is 11.8 Å². The number of ether oxygens (including phenoxy) is 2. The summed E-state index contributed by atoms with van der Waals surface area (Å²) in [5.74, 6) is -0.716. The van der Waals surface area contributed by atoms with E-state index in [1.165, 1.54) is 29.8 Å². The SMILES string of the molecule is O=C1CC2CCN(C[C@@H]2CCNCc2ccccc2)C(=O)CN(C2CCN(C(=O)c3ccc(F)cc3)CC2)C(=O)COCCOCCN1. The van der Waals surface area contributed by atoms with E-state index in [2.05, 4.69) is 22.8 Å². The van der Waals surface area contributed by atoms with E-state index in [0.29, 0.717) is 70.6 Å². The third-order valence-electron chi connectivity index (χ3n) is 9.63. The van der Waals surface area contributed by atoms with Crippen molar-refractivity contribution < 1.29 is 33.0 Å². The number of carbonyl (C=O) groups excluding carboxylic acids is 4. The molecular weight excluding hydrogens is 617 g/mol. The molecule has 0 spiro atoms. The van der Waals surface area contributed by atoms with E-state index in [4.69, 9.17) is 9.47 Å². The molecule has 6 rings (SSSR count). The minimum absolute atomic E-state index is 0.0102.